The first-order valence-corrected chi connectivity index (χ1v) is 6.70. The second kappa shape index (κ2) is 5.97. The normalized spacial score (nSPS) is 12.8. The molecule has 6 heteroatoms. The molecule has 104 valence electrons. The molecular weight excluding hydrogens is 240 g/mol. The summed E-state index contributed by atoms with van der Waals surface area (Å²) < 4.78 is 3.89. The molecule has 0 radical (unpaired) electrons. The van der Waals surface area contributed by atoms with Gasteiger partial charge < -0.3 is 5.32 Å². The summed E-state index contributed by atoms with van der Waals surface area (Å²) >= 11 is 0. The highest BCUT2D eigenvalue weighted by atomic mass is 15.3. The molecular formula is C13H22N6. The Kier molecular flexibility index (Phi) is 4.31. The van der Waals surface area contributed by atoms with E-state index in [1.165, 1.54) is 11.3 Å². The van der Waals surface area contributed by atoms with Crippen LogP contribution in [0.4, 0.5) is 0 Å². The molecule has 2 heterocycles. The lowest BCUT2D eigenvalue weighted by Crippen LogP contribution is -2.30. The lowest BCUT2D eigenvalue weighted by Gasteiger charge is -2.13. The molecule has 0 aliphatic heterocycles. The molecule has 0 bridgehead atoms. The minimum Gasteiger partial charge on any atom is -0.308 e. The van der Waals surface area contributed by atoms with Gasteiger partial charge in [0.2, 0.25) is 0 Å². The maximum Gasteiger partial charge on any atom is 0.137 e. The lowest BCUT2D eigenvalue weighted by atomic mass is 10.2. The highest BCUT2D eigenvalue weighted by Crippen LogP contribution is 2.12. The van der Waals surface area contributed by atoms with E-state index in [2.05, 4.69) is 52.9 Å². The number of hydrogen-bond donors (Lipinski definition) is 1. The molecule has 1 N–H and O–H groups in total. The smallest absolute Gasteiger partial charge is 0.137 e. The number of nitrogens with zero attached hydrogens (tertiary/aromatic N) is 5. The number of aryl methyl sites for hydroxylation is 2. The van der Waals surface area contributed by atoms with Crippen LogP contribution < -0.4 is 5.32 Å². The first-order chi connectivity index (χ1) is 9.11. The van der Waals surface area contributed by atoms with Gasteiger partial charge in [-0.1, -0.05) is 0 Å². The van der Waals surface area contributed by atoms with E-state index in [0.29, 0.717) is 6.04 Å². The van der Waals surface area contributed by atoms with E-state index in [9.17, 15) is 0 Å². The van der Waals surface area contributed by atoms with Crippen LogP contribution in [-0.2, 0) is 19.6 Å². The van der Waals surface area contributed by atoms with E-state index in [4.69, 9.17) is 0 Å². The van der Waals surface area contributed by atoms with Crippen LogP contribution in [0.25, 0.3) is 0 Å². The summed E-state index contributed by atoms with van der Waals surface area (Å²) in [4.78, 5) is 3.95. The fourth-order valence-electron chi connectivity index (χ4n) is 2.25. The average molecular weight is 262 g/mol. The van der Waals surface area contributed by atoms with E-state index in [-0.39, 0.29) is 0 Å². The van der Waals surface area contributed by atoms with Gasteiger partial charge in [0.25, 0.3) is 0 Å². The molecule has 0 aliphatic carbocycles. The summed E-state index contributed by atoms with van der Waals surface area (Å²) in [6, 6.07) is 0.338. The molecule has 0 spiro atoms. The van der Waals surface area contributed by atoms with Crippen LogP contribution in [0, 0.1) is 13.8 Å². The summed E-state index contributed by atoms with van der Waals surface area (Å²) in [7, 11) is 0. The van der Waals surface area contributed by atoms with E-state index >= 15 is 0 Å². The largest absolute Gasteiger partial charge is 0.308 e. The Morgan fingerprint density at radius 3 is 2.74 bits per heavy atom. The predicted molar refractivity (Wildman–Crippen MR) is 73.7 cm³/mol. The Balaban J connectivity index is 1.93. The van der Waals surface area contributed by atoms with Crippen LogP contribution in [0.2, 0.25) is 0 Å². The summed E-state index contributed by atoms with van der Waals surface area (Å²) in [5, 5.41) is 12.2. The summed E-state index contributed by atoms with van der Waals surface area (Å²) in [5.41, 5.74) is 3.66. The van der Waals surface area contributed by atoms with Gasteiger partial charge in [-0.15, -0.1) is 0 Å². The SMILES string of the molecule is CCn1nc(C)c(CN[C@@H](C)Cn2cncn2)c1C. The molecule has 0 aromatic carbocycles. The van der Waals surface area contributed by atoms with E-state index < -0.39 is 0 Å². The zero-order valence-electron chi connectivity index (χ0n) is 12.1. The third-order valence-electron chi connectivity index (χ3n) is 3.39. The van der Waals surface area contributed by atoms with Crippen molar-refractivity contribution in [1.82, 2.24) is 29.9 Å². The maximum atomic E-state index is 4.53. The minimum atomic E-state index is 0.338. The Morgan fingerprint density at radius 2 is 2.16 bits per heavy atom. The van der Waals surface area contributed by atoms with Crippen LogP contribution in [0.3, 0.4) is 0 Å². The van der Waals surface area contributed by atoms with Gasteiger partial charge in [0.05, 0.1) is 12.2 Å². The van der Waals surface area contributed by atoms with E-state index in [1.54, 1.807) is 12.7 Å². The molecule has 0 saturated heterocycles. The minimum absolute atomic E-state index is 0.338. The van der Waals surface area contributed by atoms with Crippen LogP contribution in [0.5, 0.6) is 0 Å². The molecule has 0 fully saturated rings. The third-order valence-corrected chi connectivity index (χ3v) is 3.39. The topological polar surface area (TPSA) is 60.6 Å². The predicted octanol–water partition coefficient (Wildman–Crippen LogP) is 1.29. The highest BCUT2D eigenvalue weighted by Gasteiger charge is 2.11. The zero-order chi connectivity index (χ0) is 13.8. The zero-order valence-corrected chi connectivity index (χ0v) is 12.1. The highest BCUT2D eigenvalue weighted by molar-refractivity contribution is 5.24. The maximum absolute atomic E-state index is 4.53. The lowest BCUT2D eigenvalue weighted by molar-refractivity contribution is 0.449. The molecule has 0 amide bonds. The van der Waals surface area contributed by atoms with E-state index in [1.807, 2.05) is 4.68 Å². The van der Waals surface area contributed by atoms with Crippen molar-refractivity contribution in [2.45, 2.75) is 53.4 Å². The van der Waals surface area contributed by atoms with Gasteiger partial charge in [-0.3, -0.25) is 9.36 Å². The van der Waals surface area contributed by atoms with Gasteiger partial charge >= 0.3 is 0 Å². The molecule has 0 unspecified atom stereocenters. The summed E-state index contributed by atoms with van der Waals surface area (Å²) in [6.07, 6.45) is 3.30. The third kappa shape index (κ3) is 3.20. The van der Waals surface area contributed by atoms with Gasteiger partial charge in [-0.25, -0.2) is 4.98 Å². The quantitative estimate of drug-likeness (QED) is 0.852. The molecule has 1 atom stereocenters. The molecule has 19 heavy (non-hydrogen) atoms. The van der Waals surface area contributed by atoms with Crippen molar-refractivity contribution in [3.05, 3.63) is 29.6 Å². The van der Waals surface area contributed by atoms with Gasteiger partial charge in [0.15, 0.2) is 0 Å². The van der Waals surface area contributed by atoms with Gasteiger partial charge in [-0.05, 0) is 27.7 Å². The Morgan fingerprint density at radius 1 is 1.37 bits per heavy atom. The average Bonchev–Trinajstić information content (AvgIpc) is 2.96. The summed E-state index contributed by atoms with van der Waals surface area (Å²) in [5.74, 6) is 0. The van der Waals surface area contributed by atoms with Crippen molar-refractivity contribution in [2.75, 3.05) is 0 Å². The summed E-state index contributed by atoms with van der Waals surface area (Å²) in [6.45, 7) is 11.0. The van der Waals surface area contributed by atoms with Crippen LogP contribution in [0.1, 0.15) is 30.8 Å². The first-order valence-electron chi connectivity index (χ1n) is 6.70. The fraction of sp³-hybridized carbons (Fsp3) is 0.615. The number of rotatable bonds is 6. The van der Waals surface area contributed by atoms with Crippen molar-refractivity contribution in [3.63, 3.8) is 0 Å². The number of hydrogen-bond acceptors (Lipinski definition) is 4. The van der Waals surface area contributed by atoms with Crippen molar-refractivity contribution in [3.8, 4) is 0 Å². The fourth-order valence-corrected chi connectivity index (χ4v) is 2.25. The molecule has 0 saturated carbocycles. The van der Waals surface area contributed by atoms with Crippen molar-refractivity contribution in [1.29, 1.82) is 0 Å². The van der Waals surface area contributed by atoms with Gasteiger partial charge in [-0.2, -0.15) is 10.2 Å². The van der Waals surface area contributed by atoms with Crippen molar-refractivity contribution < 1.29 is 0 Å². The first kappa shape index (κ1) is 13.7. The second-order valence-electron chi connectivity index (χ2n) is 4.86. The second-order valence-corrected chi connectivity index (χ2v) is 4.86. The number of nitrogens with one attached hydrogen (secondary N) is 1. The van der Waals surface area contributed by atoms with Gasteiger partial charge in [0.1, 0.15) is 12.7 Å². The number of aromatic nitrogens is 5. The van der Waals surface area contributed by atoms with Crippen molar-refractivity contribution in [2.24, 2.45) is 0 Å². The monoisotopic (exact) mass is 262 g/mol. The Bertz CT molecular complexity index is 513. The van der Waals surface area contributed by atoms with Crippen LogP contribution in [-0.4, -0.2) is 30.6 Å². The molecule has 2 rings (SSSR count). The van der Waals surface area contributed by atoms with Crippen molar-refractivity contribution >= 4 is 0 Å². The Labute approximate surface area is 113 Å². The standard InChI is InChI=1S/C13H22N6/c1-5-19-12(4)13(11(3)17-19)6-15-10(2)7-18-9-14-8-16-18/h8-10,15H,5-7H2,1-4H3/t10-/m0/s1. The van der Waals surface area contributed by atoms with E-state index in [0.717, 1.165) is 25.3 Å². The Hall–Kier alpha value is -1.69. The van der Waals surface area contributed by atoms with Crippen LogP contribution in [0.15, 0.2) is 12.7 Å². The molecule has 6 nitrogen and oxygen atoms in total. The molecule has 0 aliphatic rings. The van der Waals surface area contributed by atoms with Crippen LogP contribution >= 0.6 is 0 Å². The van der Waals surface area contributed by atoms with Gasteiger partial charge in [0, 0.05) is 30.4 Å². The molecule has 2 aromatic rings. The molecule has 2 aromatic heterocycles.